The van der Waals surface area contributed by atoms with Crippen LogP contribution in [0.2, 0.25) is 0 Å². The van der Waals surface area contributed by atoms with Crippen LogP contribution in [-0.4, -0.2) is 49.3 Å². The Morgan fingerprint density at radius 2 is 2.00 bits per heavy atom. The average Bonchev–Trinajstić information content (AvgIpc) is 3.16. The van der Waals surface area contributed by atoms with E-state index < -0.39 is 0 Å². The second-order valence-electron chi connectivity index (χ2n) is 9.35. The van der Waals surface area contributed by atoms with Gasteiger partial charge in [0.05, 0.1) is 12.4 Å². The number of nitrogens with zero attached hydrogens (tertiary/aromatic N) is 6. The van der Waals surface area contributed by atoms with Crippen LogP contribution < -0.4 is 5.56 Å². The molecule has 5 heterocycles. The van der Waals surface area contributed by atoms with Crippen molar-refractivity contribution in [3.05, 3.63) is 81.5 Å². The number of aryl methyl sites for hydroxylation is 1. The Bertz CT molecular complexity index is 1170. The Hall–Kier alpha value is -2.84. The molecule has 2 aliphatic heterocycles. The summed E-state index contributed by atoms with van der Waals surface area (Å²) in [4.78, 5) is 21.6. The van der Waals surface area contributed by atoms with Crippen LogP contribution in [0.4, 0.5) is 4.39 Å². The molecule has 8 heteroatoms. The molecule has 2 atom stereocenters. The van der Waals surface area contributed by atoms with Gasteiger partial charge in [0.15, 0.2) is 0 Å². The van der Waals surface area contributed by atoms with Crippen LogP contribution in [0.1, 0.15) is 34.7 Å². The summed E-state index contributed by atoms with van der Waals surface area (Å²) in [7, 11) is 3.94. The van der Waals surface area contributed by atoms with Crippen LogP contribution in [0.5, 0.6) is 0 Å². The lowest BCUT2D eigenvalue weighted by Crippen LogP contribution is -2.47. The number of rotatable bonds is 6. The molecule has 3 aromatic rings. The van der Waals surface area contributed by atoms with Crippen LogP contribution in [0.25, 0.3) is 0 Å². The fraction of sp³-hybridized carbons (Fsp3) is 0.458. The van der Waals surface area contributed by atoms with E-state index in [1.807, 2.05) is 37.1 Å². The summed E-state index contributed by atoms with van der Waals surface area (Å²) in [6.07, 6.45) is 7.88. The topological polar surface area (TPSA) is 59.2 Å². The molecule has 0 aromatic carbocycles. The van der Waals surface area contributed by atoms with Crippen LogP contribution in [-0.2, 0) is 33.2 Å². The van der Waals surface area contributed by atoms with E-state index in [2.05, 4.69) is 25.9 Å². The summed E-state index contributed by atoms with van der Waals surface area (Å²) in [5.41, 5.74) is 3.89. The maximum absolute atomic E-state index is 14.1. The van der Waals surface area contributed by atoms with Gasteiger partial charge in [0.2, 0.25) is 0 Å². The van der Waals surface area contributed by atoms with Gasteiger partial charge in [-0.2, -0.15) is 5.10 Å². The normalized spacial score (nSPS) is 20.5. The molecule has 5 rings (SSSR count). The summed E-state index contributed by atoms with van der Waals surface area (Å²) in [5, 5.41) is 4.22. The number of fused-ring (bicyclic) bond motifs is 4. The quantitative estimate of drug-likeness (QED) is 0.594. The van der Waals surface area contributed by atoms with E-state index in [1.54, 1.807) is 16.9 Å². The third-order valence-electron chi connectivity index (χ3n) is 6.66. The van der Waals surface area contributed by atoms with E-state index in [9.17, 15) is 9.18 Å². The zero-order valence-corrected chi connectivity index (χ0v) is 18.6. The Morgan fingerprint density at radius 1 is 1.12 bits per heavy atom. The minimum Gasteiger partial charge on any atom is -0.312 e. The predicted molar refractivity (Wildman–Crippen MR) is 119 cm³/mol. The highest BCUT2D eigenvalue weighted by Gasteiger charge is 2.35. The number of aromatic nitrogens is 4. The number of likely N-dealkylation sites (tertiary alicyclic amines) is 1. The zero-order valence-electron chi connectivity index (χ0n) is 18.6. The van der Waals surface area contributed by atoms with Gasteiger partial charge in [-0.25, -0.2) is 4.39 Å². The molecule has 1 fully saturated rings. The predicted octanol–water partition coefficient (Wildman–Crippen LogP) is 2.37. The fourth-order valence-corrected chi connectivity index (χ4v) is 5.32. The fourth-order valence-electron chi connectivity index (χ4n) is 5.32. The number of pyridine rings is 2. The van der Waals surface area contributed by atoms with Crippen molar-refractivity contribution in [2.45, 2.75) is 38.5 Å². The van der Waals surface area contributed by atoms with E-state index in [-0.39, 0.29) is 11.4 Å². The van der Waals surface area contributed by atoms with Gasteiger partial charge in [0, 0.05) is 87.0 Å². The van der Waals surface area contributed by atoms with Crippen molar-refractivity contribution in [3.8, 4) is 0 Å². The lowest BCUT2D eigenvalue weighted by Gasteiger charge is -2.43. The third kappa shape index (κ3) is 4.25. The smallest absolute Gasteiger partial charge is 0.255 e. The molecular formula is C24H29FN6O. The second-order valence-corrected chi connectivity index (χ2v) is 9.35. The van der Waals surface area contributed by atoms with Gasteiger partial charge in [-0.1, -0.05) is 6.07 Å². The van der Waals surface area contributed by atoms with Crippen LogP contribution in [0.15, 0.2) is 47.8 Å². The Morgan fingerprint density at radius 3 is 2.78 bits per heavy atom. The Kier molecular flexibility index (Phi) is 5.65. The first-order valence-electron chi connectivity index (χ1n) is 11.2. The van der Waals surface area contributed by atoms with Crippen molar-refractivity contribution >= 4 is 0 Å². The monoisotopic (exact) mass is 436 g/mol. The maximum Gasteiger partial charge on any atom is 0.255 e. The Labute approximate surface area is 187 Å². The van der Waals surface area contributed by atoms with E-state index in [0.29, 0.717) is 30.5 Å². The van der Waals surface area contributed by atoms with Crippen molar-refractivity contribution in [1.82, 2.24) is 29.1 Å². The van der Waals surface area contributed by atoms with Gasteiger partial charge >= 0.3 is 0 Å². The van der Waals surface area contributed by atoms with E-state index >= 15 is 0 Å². The van der Waals surface area contributed by atoms with Crippen molar-refractivity contribution in [2.24, 2.45) is 13.0 Å². The molecule has 0 unspecified atom stereocenters. The molecule has 0 N–H and O–H groups in total. The van der Waals surface area contributed by atoms with E-state index in [0.717, 1.165) is 49.4 Å². The summed E-state index contributed by atoms with van der Waals surface area (Å²) in [5.74, 6) is 0.467. The number of hydrogen-bond donors (Lipinski definition) is 0. The Balaban J connectivity index is 1.31. The third-order valence-corrected chi connectivity index (χ3v) is 6.66. The number of piperidine rings is 1. The highest BCUT2D eigenvalue weighted by molar-refractivity contribution is 5.23. The van der Waals surface area contributed by atoms with Gasteiger partial charge in [-0.3, -0.25) is 24.3 Å². The molecule has 0 amide bonds. The molecule has 0 saturated carbocycles. The molecule has 2 aliphatic rings. The van der Waals surface area contributed by atoms with E-state index in [1.165, 1.54) is 6.20 Å². The molecule has 32 heavy (non-hydrogen) atoms. The van der Waals surface area contributed by atoms with Crippen LogP contribution >= 0.6 is 0 Å². The number of hydrogen-bond acceptors (Lipinski definition) is 5. The lowest BCUT2D eigenvalue weighted by molar-refractivity contribution is 0.113. The lowest BCUT2D eigenvalue weighted by atomic mass is 9.83. The largest absolute Gasteiger partial charge is 0.312 e. The molecule has 0 spiro atoms. The molecule has 7 nitrogen and oxygen atoms in total. The van der Waals surface area contributed by atoms with Gasteiger partial charge < -0.3 is 4.57 Å². The molecule has 0 radical (unpaired) electrons. The van der Waals surface area contributed by atoms with Crippen LogP contribution in [0.3, 0.4) is 0 Å². The zero-order chi connectivity index (χ0) is 22.2. The first kappa shape index (κ1) is 21.0. The second kappa shape index (κ2) is 8.60. The first-order chi connectivity index (χ1) is 15.5. The molecular weight excluding hydrogens is 407 g/mol. The van der Waals surface area contributed by atoms with Gasteiger partial charge in [0.25, 0.3) is 5.56 Å². The van der Waals surface area contributed by atoms with Crippen molar-refractivity contribution in [2.75, 3.05) is 20.1 Å². The summed E-state index contributed by atoms with van der Waals surface area (Å²) >= 11 is 0. The summed E-state index contributed by atoms with van der Waals surface area (Å²) in [6, 6.07) is 5.88. The van der Waals surface area contributed by atoms with Gasteiger partial charge in [0.1, 0.15) is 5.82 Å². The standard InChI is InChI=1S/C24H29FN6O/c1-28(10-18-8-27-29(2)11-18)14-20-3-4-23-21-7-17(13-31(23)24(20)32)12-30(16-21)15-19-5-6-26-9-22(19)25/h3-6,8-9,11,17,21H,7,10,12-16H2,1-2H3/t17-,21+/m0/s1. The molecule has 3 aromatic heterocycles. The average molecular weight is 437 g/mol. The van der Waals surface area contributed by atoms with Crippen molar-refractivity contribution in [3.63, 3.8) is 0 Å². The first-order valence-corrected chi connectivity index (χ1v) is 11.2. The highest BCUT2D eigenvalue weighted by Crippen LogP contribution is 2.35. The van der Waals surface area contributed by atoms with Crippen LogP contribution in [0, 0.1) is 11.7 Å². The minimum atomic E-state index is -0.250. The van der Waals surface area contributed by atoms with Crippen molar-refractivity contribution in [1.29, 1.82) is 0 Å². The molecule has 2 bridgehead atoms. The maximum atomic E-state index is 14.1. The van der Waals surface area contributed by atoms with Gasteiger partial charge in [-0.05, 0) is 31.5 Å². The molecule has 168 valence electrons. The molecule has 1 saturated heterocycles. The summed E-state index contributed by atoms with van der Waals surface area (Å²) < 4.78 is 17.9. The minimum absolute atomic E-state index is 0.129. The SMILES string of the molecule is CN(Cc1cnn(C)c1)Cc1ccc2n(c1=O)C[C@H]1C[C@@H]2CN(Cc2ccncc2F)C1. The highest BCUT2D eigenvalue weighted by atomic mass is 19.1. The van der Waals surface area contributed by atoms with E-state index in [4.69, 9.17) is 0 Å². The number of halogens is 1. The van der Waals surface area contributed by atoms with Gasteiger partial charge in [-0.15, -0.1) is 0 Å². The van der Waals surface area contributed by atoms with Crippen molar-refractivity contribution < 1.29 is 4.39 Å². The summed E-state index contributed by atoms with van der Waals surface area (Å²) in [6.45, 7) is 4.41. The molecule has 0 aliphatic carbocycles.